The molecule has 1 aromatic carbocycles. The summed E-state index contributed by atoms with van der Waals surface area (Å²) < 4.78 is 0. The topological polar surface area (TPSA) is 72.1 Å². The van der Waals surface area contributed by atoms with Gasteiger partial charge in [0.1, 0.15) is 0 Å². The van der Waals surface area contributed by atoms with Crippen molar-refractivity contribution < 1.29 is 4.79 Å². The number of nitrogens with two attached hydrogens (primary N) is 1. The highest BCUT2D eigenvalue weighted by Crippen LogP contribution is 2.36. The van der Waals surface area contributed by atoms with Crippen molar-refractivity contribution in [3.05, 3.63) is 53.5 Å². The Morgan fingerprint density at radius 2 is 1.96 bits per heavy atom. The van der Waals surface area contributed by atoms with Crippen LogP contribution in [0.4, 0.5) is 5.82 Å². The van der Waals surface area contributed by atoms with Crippen LogP contribution in [-0.4, -0.2) is 33.4 Å². The third kappa shape index (κ3) is 2.91. The van der Waals surface area contributed by atoms with Crippen LogP contribution in [0.15, 0.2) is 36.7 Å². The lowest BCUT2D eigenvalue weighted by Gasteiger charge is -2.27. The fourth-order valence-electron chi connectivity index (χ4n) is 3.46. The van der Waals surface area contributed by atoms with Crippen LogP contribution in [0.25, 0.3) is 0 Å². The first-order chi connectivity index (χ1) is 11.1. The van der Waals surface area contributed by atoms with Gasteiger partial charge in [-0.1, -0.05) is 36.8 Å². The minimum Gasteiger partial charge on any atom is -0.382 e. The molecule has 5 nitrogen and oxygen atoms in total. The van der Waals surface area contributed by atoms with Gasteiger partial charge < -0.3 is 10.6 Å². The van der Waals surface area contributed by atoms with Crippen molar-refractivity contribution in [3.8, 4) is 0 Å². The van der Waals surface area contributed by atoms with Gasteiger partial charge in [0.2, 0.25) is 0 Å². The highest BCUT2D eigenvalue weighted by Gasteiger charge is 2.37. The quantitative estimate of drug-likeness (QED) is 0.946. The lowest BCUT2D eigenvalue weighted by molar-refractivity contribution is 0.0722. The summed E-state index contributed by atoms with van der Waals surface area (Å²) in [6, 6.07) is 8.78. The van der Waals surface area contributed by atoms with E-state index in [0.717, 1.165) is 19.4 Å². The zero-order chi connectivity index (χ0) is 16.4. The minimum atomic E-state index is -0.114. The summed E-state index contributed by atoms with van der Waals surface area (Å²) in [6.45, 7) is 4.94. The molecular formula is C18H22N4O. The summed E-state index contributed by atoms with van der Waals surface area (Å²) in [5, 5.41) is 0. The summed E-state index contributed by atoms with van der Waals surface area (Å²) in [5.74, 6) is 0.450. The summed E-state index contributed by atoms with van der Waals surface area (Å²) in [4.78, 5) is 22.8. The first kappa shape index (κ1) is 15.5. The van der Waals surface area contributed by atoms with Gasteiger partial charge in [0, 0.05) is 30.9 Å². The molecule has 2 N–H and O–H groups in total. The molecule has 0 saturated carbocycles. The Morgan fingerprint density at radius 1 is 1.26 bits per heavy atom. The smallest absolute Gasteiger partial charge is 0.276 e. The maximum Gasteiger partial charge on any atom is 0.276 e. The molecule has 1 aliphatic heterocycles. The number of benzene rings is 1. The van der Waals surface area contributed by atoms with Crippen LogP contribution in [0.3, 0.4) is 0 Å². The van der Waals surface area contributed by atoms with Crippen LogP contribution >= 0.6 is 0 Å². The van der Waals surface area contributed by atoms with E-state index in [9.17, 15) is 4.79 Å². The Morgan fingerprint density at radius 3 is 2.61 bits per heavy atom. The fourth-order valence-corrected chi connectivity index (χ4v) is 3.46. The van der Waals surface area contributed by atoms with Crippen molar-refractivity contribution in [1.82, 2.24) is 14.9 Å². The average molecular weight is 310 g/mol. The molecule has 1 amide bonds. The summed E-state index contributed by atoms with van der Waals surface area (Å²) in [5.41, 5.74) is 8.62. The molecule has 0 aliphatic carbocycles. The Labute approximate surface area is 136 Å². The standard InChI is InChI=1S/C18H22N4O/c1-3-15-14(13-6-4-12(2)5-7-13)8-11-22(15)18(23)16-17(19)21-10-9-20-16/h4-7,9-10,14-15H,3,8,11H2,1-2H3,(H2,19,21)/t14-,15+/m0/s1. The largest absolute Gasteiger partial charge is 0.382 e. The highest BCUT2D eigenvalue weighted by atomic mass is 16.2. The second kappa shape index (κ2) is 6.36. The zero-order valence-corrected chi connectivity index (χ0v) is 13.6. The van der Waals surface area contributed by atoms with E-state index in [1.807, 2.05) is 4.90 Å². The van der Waals surface area contributed by atoms with Crippen molar-refractivity contribution in [2.45, 2.75) is 38.6 Å². The number of aryl methyl sites for hydroxylation is 1. The molecule has 0 bridgehead atoms. The second-order valence-electron chi connectivity index (χ2n) is 6.07. The van der Waals surface area contributed by atoms with E-state index in [1.165, 1.54) is 23.5 Å². The van der Waals surface area contributed by atoms with Gasteiger partial charge in [-0.3, -0.25) is 4.79 Å². The highest BCUT2D eigenvalue weighted by molar-refractivity contribution is 5.96. The third-order valence-corrected chi connectivity index (χ3v) is 4.66. The van der Waals surface area contributed by atoms with Crippen molar-refractivity contribution in [2.75, 3.05) is 12.3 Å². The first-order valence-corrected chi connectivity index (χ1v) is 8.05. The number of carbonyl (C=O) groups is 1. The molecule has 0 spiro atoms. The van der Waals surface area contributed by atoms with E-state index in [0.29, 0.717) is 5.92 Å². The maximum absolute atomic E-state index is 12.8. The van der Waals surface area contributed by atoms with Crippen molar-refractivity contribution >= 4 is 11.7 Å². The van der Waals surface area contributed by atoms with Crippen LogP contribution in [0.1, 0.15) is 47.3 Å². The average Bonchev–Trinajstić information content (AvgIpc) is 2.99. The molecular weight excluding hydrogens is 288 g/mol. The zero-order valence-electron chi connectivity index (χ0n) is 13.6. The molecule has 1 aliphatic rings. The van der Waals surface area contributed by atoms with Crippen LogP contribution < -0.4 is 5.73 Å². The third-order valence-electron chi connectivity index (χ3n) is 4.66. The lowest BCUT2D eigenvalue weighted by atomic mass is 9.90. The minimum absolute atomic E-state index is 0.114. The van der Waals surface area contributed by atoms with Gasteiger partial charge in [0.05, 0.1) is 0 Å². The van der Waals surface area contributed by atoms with E-state index >= 15 is 0 Å². The van der Waals surface area contributed by atoms with E-state index in [4.69, 9.17) is 5.73 Å². The molecule has 120 valence electrons. The molecule has 0 unspecified atom stereocenters. The number of likely N-dealkylation sites (tertiary alicyclic amines) is 1. The molecule has 1 saturated heterocycles. The van der Waals surface area contributed by atoms with Gasteiger partial charge >= 0.3 is 0 Å². The Hall–Kier alpha value is -2.43. The Balaban J connectivity index is 1.86. The van der Waals surface area contributed by atoms with Crippen LogP contribution in [0.2, 0.25) is 0 Å². The molecule has 2 heterocycles. The van der Waals surface area contributed by atoms with E-state index < -0.39 is 0 Å². The number of amides is 1. The van der Waals surface area contributed by atoms with Gasteiger partial charge in [0.25, 0.3) is 5.91 Å². The van der Waals surface area contributed by atoms with Crippen molar-refractivity contribution in [2.24, 2.45) is 0 Å². The van der Waals surface area contributed by atoms with Gasteiger partial charge in [-0.15, -0.1) is 0 Å². The molecule has 5 heteroatoms. The number of anilines is 1. The molecule has 0 radical (unpaired) electrons. The molecule has 2 atom stereocenters. The number of nitrogens with zero attached hydrogens (tertiary/aromatic N) is 3. The van der Waals surface area contributed by atoms with E-state index in [-0.39, 0.29) is 23.5 Å². The molecule has 1 aromatic heterocycles. The molecule has 2 aromatic rings. The number of hydrogen-bond acceptors (Lipinski definition) is 4. The van der Waals surface area contributed by atoms with Crippen LogP contribution in [0, 0.1) is 6.92 Å². The molecule has 23 heavy (non-hydrogen) atoms. The van der Waals surface area contributed by atoms with Crippen LogP contribution in [-0.2, 0) is 0 Å². The van der Waals surface area contributed by atoms with E-state index in [1.54, 1.807) is 0 Å². The second-order valence-corrected chi connectivity index (χ2v) is 6.07. The van der Waals surface area contributed by atoms with Gasteiger partial charge in [-0.2, -0.15) is 0 Å². The van der Waals surface area contributed by atoms with Crippen molar-refractivity contribution in [1.29, 1.82) is 0 Å². The summed E-state index contributed by atoms with van der Waals surface area (Å²) in [7, 11) is 0. The first-order valence-electron chi connectivity index (χ1n) is 8.05. The molecule has 3 rings (SSSR count). The maximum atomic E-state index is 12.8. The van der Waals surface area contributed by atoms with Gasteiger partial charge in [-0.05, 0) is 25.3 Å². The normalized spacial score (nSPS) is 20.7. The Bertz CT molecular complexity index is 698. The summed E-state index contributed by atoms with van der Waals surface area (Å²) in [6.07, 6.45) is 4.89. The number of hydrogen-bond donors (Lipinski definition) is 1. The van der Waals surface area contributed by atoms with Crippen LogP contribution in [0.5, 0.6) is 0 Å². The monoisotopic (exact) mass is 310 g/mol. The summed E-state index contributed by atoms with van der Waals surface area (Å²) >= 11 is 0. The lowest BCUT2D eigenvalue weighted by Crippen LogP contribution is -2.38. The predicted octanol–water partition coefficient (Wildman–Crippen LogP) is 2.78. The number of carbonyl (C=O) groups excluding carboxylic acids is 1. The van der Waals surface area contributed by atoms with Gasteiger partial charge in [0.15, 0.2) is 11.5 Å². The predicted molar refractivity (Wildman–Crippen MR) is 90.1 cm³/mol. The number of aromatic nitrogens is 2. The molecule has 1 fully saturated rings. The van der Waals surface area contributed by atoms with Crippen molar-refractivity contribution in [3.63, 3.8) is 0 Å². The number of nitrogen functional groups attached to an aromatic ring is 1. The number of rotatable bonds is 3. The fraction of sp³-hybridized carbons (Fsp3) is 0.389. The Kier molecular flexibility index (Phi) is 4.28. The van der Waals surface area contributed by atoms with Gasteiger partial charge in [-0.25, -0.2) is 9.97 Å². The SMILES string of the molecule is CC[C@@H]1[C@H](c2ccc(C)cc2)CCN1C(=O)c1nccnc1N. The van der Waals surface area contributed by atoms with E-state index in [2.05, 4.69) is 48.1 Å².